The van der Waals surface area contributed by atoms with Crippen LogP contribution in [0.1, 0.15) is 5.69 Å². The van der Waals surface area contributed by atoms with Crippen molar-refractivity contribution in [3.05, 3.63) is 18.0 Å². The lowest BCUT2D eigenvalue weighted by molar-refractivity contribution is 1.19. The van der Waals surface area contributed by atoms with Crippen molar-refractivity contribution >= 4 is 11.4 Å². The number of hydrogen-bond donors (Lipinski definition) is 2. The molecule has 1 aromatic heterocycles. The van der Waals surface area contributed by atoms with E-state index in [1.165, 1.54) is 0 Å². The van der Waals surface area contributed by atoms with Gasteiger partial charge in [-0.2, -0.15) is 0 Å². The van der Waals surface area contributed by atoms with Gasteiger partial charge in [0.1, 0.15) is 0 Å². The molecule has 1 rings (SSSR count). The summed E-state index contributed by atoms with van der Waals surface area (Å²) >= 11 is 0. The van der Waals surface area contributed by atoms with Gasteiger partial charge in [-0.15, -0.1) is 0 Å². The lowest BCUT2D eigenvalue weighted by Crippen LogP contribution is -1.96. The lowest BCUT2D eigenvalue weighted by Gasteiger charge is -2.06. The molecule has 0 bridgehead atoms. The highest BCUT2D eigenvalue weighted by molar-refractivity contribution is 5.57. The zero-order chi connectivity index (χ0) is 8.27. The standard InChI is InChI=1S/C8H13N3/c1-6-8(10-3)4-7(9-2)5-11-6/h4-5,9-10H,1-3H3. The van der Waals surface area contributed by atoms with Crippen molar-refractivity contribution < 1.29 is 0 Å². The van der Waals surface area contributed by atoms with Gasteiger partial charge in [0.25, 0.3) is 0 Å². The van der Waals surface area contributed by atoms with E-state index in [4.69, 9.17) is 0 Å². The highest BCUT2D eigenvalue weighted by atomic mass is 14.9. The number of hydrogen-bond acceptors (Lipinski definition) is 3. The summed E-state index contributed by atoms with van der Waals surface area (Å²) in [6.45, 7) is 1.98. The molecule has 0 radical (unpaired) electrons. The highest BCUT2D eigenvalue weighted by Gasteiger charge is 1.96. The number of nitrogens with one attached hydrogen (secondary N) is 2. The Morgan fingerprint density at radius 3 is 2.55 bits per heavy atom. The first-order chi connectivity index (χ1) is 5.27. The molecule has 0 spiro atoms. The Morgan fingerprint density at radius 2 is 2.00 bits per heavy atom. The first kappa shape index (κ1) is 7.85. The molecule has 3 heteroatoms. The average molecular weight is 151 g/mol. The molecule has 0 unspecified atom stereocenters. The van der Waals surface area contributed by atoms with Crippen LogP contribution in [0.15, 0.2) is 12.3 Å². The van der Waals surface area contributed by atoms with Gasteiger partial charge in [0.15, 0.2) is 0 Å². The third kappa shape index (κ3) is 1.61. The second-order valence-corrected chi connectivity index (χ2v) is 2.36. The number of aryl methyl sites for hydroxylation is 1. The molecule has 0 aliphatic carbocycles. The van der Waals surface area contributed by atoms with Gasteiger partial charge in [-0.05, 0) is 13.0 Å². The second kappa shape index (κ2) is 3.23. The van der Waals surface area contributed by atoms with Gasteiger partial charge in [-0.3, -0.25) is 4.98 Å². The van der Waals surface area contributed by atoms with E-state index in [0.29, 0.717) is 0 Å². The Balaban J connectivity index is 3.02. The van der Waals surface area contributed by atoms with E-state index in [-0.39, 0.29) is 0 Å². The average Bonchev–Trinajstić information content (AvgIpc) is 2.05. The van der Waals surface area contributed by atoms with E-state index >= 15 is 0 Å². The molecule has 0 aromatic carbocycles. The van der Waals surface area contributed by atoms with Gasteiger partial charge in [-0.1, -0.05) is 0 Å². The summed E-state index contributed by atoms with van der Waals surface area (Å²) in [7, 11) is 3.77. The predicted octanol–water partition coefficient (Wildman–Crippen LogP) is 1.47. The molecule has 1 aromatic rings. The number of rotatable bonds is 2. The molecule has 11 heavy (non-hydrogen) atoms. The zero-order valence-electron chi connectivity index (χ0n) is 7.10. The topological polar surface area (TPSA) is 37.0 Å². The summed E-state index contributed by atoms with van der Waals surface area (Å²) in [6.07, 6.45) is 1.82. The molecule has 0 amide bonds. The van der Waals surface area contributed by atoms with Crippen molar-refractivity contribution in [2.45, 2.75) is 6.92 Å². The van der Waals surface area contributed by atoms with Gasteiger partial charge in [0.2, 0.25) is 0 Å². The molecular formula is C8H13N3. The van der Waals surface area contributed by atoms with Crippen LogP contribution in [0, 0.1) is 6.92 Å². The van der Waals surface area contributed by atoms with Gasteiger partial charge in [0.05, 0.1) is 23.3 Å². The largest absolute Gasteiger partial charge is 0.387 e. The Kier molecular flexibility index (Phi) is 2.31. The SMILES string of the molecule is CNc1cnc(C)c(NC)c1. The van der Waals surface area contributed by atoms with Gasteiger partial charge < -0.3 is 10.6 Å². The van der Waals surface area contributed by atoms with E-state index in [1.54, 1.807) is 0 Å². The summed E-state index contributed by atoms with van der Waals surface area (Å²) in [6, 6.07) is 2.03. The van der Waals surface area contributed by atoms with Crippen LogP contribution in [0.5, 0.6) is 0 Å². The summed E-state index contributed by atoms with van der Waals surface area (Å²) < 4.78 is 0. The fourth-order valence-electron chi connectivity index (χ4n) is 0.923. The van der Waals surface area contributed by atoms with Crippen molar-refractivity contribution in [1.82, 2.24) is 4.98 Å². The van der Waals surface area contributed by atoms with Crippen LogP contribution < -0.4 is 10.6 Å². The van der Waals surface area contributed by atoms with E-state index in [0.717, 1.165) is 17.1 Å². The Bertz CT molecular complexity index is 245. The normalized spacial score (nSPS) is 9.36. The summed E-state index contributed by atoms with van der Waals surface area (Å²) in [5.41, 5.74) is 3.11. The van der Waals surface area contributed by atoms with E-state index in [1.807, 2.05) is 33.3 Å². The maximum absolute atomic E-state index is 4.20. The van der Waals surface area contributed by atoms with Crippen molar-refractivity contribution in [2.24, 2.45) is 0 Å². The quantitative estimate of drug-likeness (QED) is 0.672. The smallest absolute Gasteiger partial charge is 0.0605 e. The molecule has 60 valence electrons. The molecule has 0 aliphatic heterocycles. The summed E-state index contributed by atoms with van der Waals surface area (Å²) in [5, 5.41) is 6.09. The maximum Gasteiger partial charge on any atom is 0.0605 e. The molecule has 3 nitrogen and oxygen atoms in total. The van der Waals surface area contributed by atoms with Crippen LogP contribution >= 0.6 is 0 Å². The van der Waals surface area contributed by atoms with E-state index in [2.05, 4.69) is 15.6 Å². The minimum atomic E-state index is 1.02. The third-order valence-corrected chi connectivity index (χ3v) is 1.64. The molecule has 1 heterocycles. The Labute approximate surface area is 66.8 Å². The molecule has 0 saturated heterocycles. The van der Waals surface area contributed by atoms with Gasteiger partial charge in [0, 0.05) is 14.1 Å². The predicted molar refractivity (Wildman–Crippen MR) is 48.1 cm³/mol. The summed E-state index contributed by atoms with van der Waals surface area (Å²) in [4.78, 5) is 4.20. The fourth-order valence-corrected chi connectivity index (χ4v) is 0.923. The minimum Gasteiger partial charge on any atom is -0.387 e. The van der Waals surface area contributed by atoms with Gasteiger partial charge in [-0.25, -0.2) is 0 Å². The minimum absolute atomic E-state index is 1.02. The second-order valence-electron chi connectivity index (χ2n) is 2.36. The van der Waals surface area contributed by atoms with Gasteiger partial charge >= 0.3 is 0 Å². The summed E-state index contributed by atoms with van der Waals surface area (Å²) in [5.74, 6) is 0. The molecule has 0 saturated carbocycles. The fraction of sp³-hybridized carbons (Fsp3) is 0.375. The van der Waals surface area contributed by atoms with E-state index < -0.39 is 0 Å². The lowest BCUT2D eigenvalue weighted by atomic mass is 10.3. The molecule has 2 N–H and O–H groups in total. The van der Waals surface area contributed by atoms with Crippen LogP contribution in [0.3, 0.4) is 0 Å². The van der Waals surface area contributed by atoms with E-state index in [9.17, 15) is 0 Å². The van der Waals surface area contributed by atoms with Crippen molar-refractivity contribution in [3.63, 3.8) is 0 Å². The first-order valence-corrected chi connectivity index (χ1v) is 3.60. The Morgan fingerprint density at radius 1 is 1.27 bits per heavy atom. The number of pyridine rings is 1. The molecule has 0 fully saturated rings. The van der Waals surface area contributed by atoms with Crippen molar-refractivity contribution in [1.29, 1.82) is 0 Å². The number of nitrogens with zero attached hydrogens (tertiary/aromatic N) is 1. The maximum atomic E-state index is 4.20. The molecule has 0 aliphatic rings. The van der Waals surface area contributed by atoms with Crippen LogP contribution in [-0.4, -0.2) is 19.1 Å². The molecule has 0 atom stereocenters. The zero-order valence-corrected chi connectivity index (χ0v) is 7.10. The first-order valence-electron chi connectivity index (χ1n) is 3.60. The Hall–Kier alpha value is -1.25. The van der Waals surface area contributed by atoms with Crippen LogP contribution in [0.25, 0.3) is 0 Å². The van der Waals surface area contributed by atoms with Crippen LogP contribution in [0.2, 0.25) is 0 Å². The van der Waals surface area contributed by atoms with Crippen LogP contribution in [-0.2, 0) is 0 Å². The highest BCUT2D eigenvalue weighted by Crippen LogP contribution is 2.15. The monoisotopic (exact) mass is 151 g/mol. The third-order valence-electron chi connectivity index (χ3n) is 1.64. The molecular weight excluding hydrogens is 138 g/mol. The van der Waals surface area contributed by atoms with Crippen molar-refractivity contribution in [2.75, 3.05) is 24.7 Å². The number of anilines is 2. The van der Waals surface area contributed by atoms with Crippen LogP contribution in [0.4, 0.5) is 11.4 Å². The van der Waals surface area contributed by atoms with Crippen molar-refractivity contribution in [3.8, 4) is 0 Å². The number of aromatic nitrogens is 1.